The van der Waals surface area contributed by atoms with Crippen molar-refractivity contribution in [3.63, 3.8) is 0 Å². The highest BCUT2D eigenvalue weighted by molar-refractivity contribution is 6.02. The summed E-state index contributed by atoms with van der Waals surface area (Å²) in [5.41, 5.74) is 5.98. The van der Waals surface area contributed by atoms with E-state index in [9.17, 15) is 14.4 Å². The van der Waals surface area contributed by atoms with Gasteiger partial charge in [-0.2, -0.15) is 5.10 Å². The number of imide groups is 1. The van der Waals surface area contributed by atoms with Crippen molar-refractivity contribution in [3.05, 3.63) is 126 Å². The zero-order chi connectivity index (χ0) is 40.8. The molecular formula is C49H60N6O4. The number of piperazine rings is 1. The smallest absolute Gasteiger partial charge is 0.260 e. The van der Waals surface area contributed by atoms with E-state index in [0.29, 0.717) is 24.3 Å². The van der Waals surface area contributed by atoms with Gasteiger partial charge in [0.25, 0.3) is 5.91 Å². The summed E-state index contributed by atoms with van der Waals surface area (Å²) in [7, 11) is 1.82. The number of hydrogen-bond acceptors (Lipinski definition) is 7. The minimum atomic E-state index is -0.452. The highest BCUT2D eigenvalue weighted by Crippen LogP contribution is 2.32. The summed E-state index contributed by atoms with van der Waals surface area (Å²) in [6.07, 6.45) is 11.2. The number of carbonyl (C=O) groups is 3. The number of hydrogen-bond donors (Lipinski definition) is 1. The van der Waals surface area contributed by atoms with Crippen LogP contribution >= 0.6 is 0 Å². The fourth-order valence-electron chi connectivity index (χ4n) is 8.81. The van der Waals surface area contributed by atoms with Gasteiger partial charge in [0.15, 0.2) is 6.61 Å². The number of aromatic nitrogens is 2. The summed E-state index contributed by atoms with van der Waals surface area (Å²) in [5, 5.41) is 7.84. The van der Waals surface area contributed by atoms with Gasteiger partial charge in [0.1, 0.15) is 5.75 Å². The first-order valence-electron chi connectivity index (χ1n) is 21.7. The molecule has 1 atom stereocenters. The Balaban J connectivity index is 0.000000271. The van der Waals surface area contributed by atoms with Crippen molar-refractivity contribution in [2.24, 2.45) is 13.0 Å². The number of para-hydroxylation sites is 1. The SMILES string of the molecule is Cn1nc(C2CCC(=O)NC2=O)c2ccc(OCC(=O)N3CCN(CCCC4CCN(c5ccccc5)CC4)CC3)cc21.c1ccc2c(c1)CCCC2.c1ccccc1. The van der Waals surface area contributed by atoms with Crippen LogP contribution in [0.4, 0.5) is 5.69 Å². The minimum absolute atomic E-state index is 0.000776. The van der Waals surface area contributed by atoms with Gasteiger partial charge in [-0.1, -0.05) is 78.9 Å². The molecule has 0 radical (unpaired) electrons. The van der Waals surface area contributed by atoms with Crippen LogP contribution in [-0.4, -0.2) is 89.7 Å². The number of piperidine rings is 2. The van der Waals surface area contributed by atoms with Crippen LogP contribution in [0.1, 0.15) is 74.1 Å². The molecule has 1 aliphatic carbocycles. The molecule has 3 fully saturated rings. The second-order valence-electron chi connectivity index (χ2n) is 16.2. The molecule has 59 heavy (non-hydrogen) atoms. The molecule has 0 spiro atoms. The summed E-state index contributed by atoms with van der Waals surface area (Å²) in [6.45, 7) is 6.66. The second-order valence-corrected chi connectivity index (χ2v) is 16.2. The molecule has 0 saturated carbocycles. The van der Waals surface area contributed by atoms with Crippen LogP contribution in [0.15, 0.2) is 109 Å². The first-order chi connectivity index (χ1) is 28.9. The number of nitrogens with zero attached hydrogens (tertiary/aromatic N) is 5. The maximum atomic E-state index is 12.9. The average molecular weight is 797 g/mol. The van der Waals surface area contributed by atoms with Gasteiger partial charge in [0.2, 0.25) is 11.8 Å². The first-order valence-corrected chi connectivity index (χ1v) is 21.7. The van der Waals surface area contributed by atoms with Crippen LogP contribution in [0, 0.1) is 5.92 Å². The Morgan fingerprint density at radius 3 is 2.02 bits per heavy atom. The van der Waals surface area contributed by atoms with Crippen molar-refractivity contribution in [2.75, 3.05) is 57.3 Å². The average Bonchev–Trinajstić information content (AvgIpc) is 3.62. The Labute approximate surface area is 349 Å². The fourth-order valence-corrected chi connectivity index (χ4v) is 8.81. The number of amides is 3. The minimum Gasteiger partial charge on any atom is -0.484 e. The maximum Gasteiger partial charge on any atom is 0.260 e. The van der Waals surface area contributed by atoms with Gasteiger partial charge >= 0.3 is 0 Å². The number of nitrogens with one attached hydrogen (secondary N) is 1. The standard InChI is InChI=1S/C33H42N6O4.C10H12.C6H6/c1-36-29-22-26(9-10-27(29)32(35-36)28-11-12-30(40)34-33(28)42)43-23-31(41)39-20-18-37(19-21-39)15-5-6-24-13-16-38(17-14-24)25-7-3-2-4-8-25;1-2-6-10-8-4-3-7-9(10)5-1;1-2-4-6-5-3-1/h2-4,7-10,22,24,28H,5-6,11-21,23H2,1H3,(H,34,40,42);1-2,5-6H,3-4,7-8H2;1-6H. The molecule has 310 valence electrons. The van der Waals surface area contributed by atoms with E-state index in [2.05, 4.69) is 74.8 Å². The number of ether oxygens (including phenoxy) is 1. The zero-order valence-electron chi connectivity index (χ0n) is 34.6. The van der Waals surface area contributed by atoms with Crippen molar-refractivity contribution >= 4 is 34.3 Å². The molecular weight excluding hydrogens is 737 g/mol. The number of anilines is 1. The third kappa shape index (κ3) is 11.6. The lowest BCUT2D eigenvalue weighted by Crippen LogP contribution is -2.50. The largest absolute Gasteiger partial charge is 0.484 e. The molecule has 10 heteroatoms. The van der Waals surface area contributed by atoms with E-state index in [1.165, 1.54) is 57.1 Å². The third-order valence-corrected chi connectivity index (χ3v) is 12.3. The molecule has 9 rings (SSSR count). The molecule has 1 aromatic heterocycles. The molecule has 3 aliphatic heterocycles. The summed E-state index contributed by atoms with van der Waals surface area (Å²) in [4.78, 5) is 43.8. The van der Waals surface area contributed by atoms with Crippen LogP contribution < -0.4 is 15.0 Å². The molecule has 1 unspecified atom stereocenters. The van der Waals surface area contributed by atoms with Crippen molar-refractivity contribution in [3.8, 4) is 5.75 Å². The molecule has 1 N–H and O–H groups in total. The van der Waals surface area contributed by atoms with E-state index in [0.717, 1.165) is 62.6 Å². The predicted octanol–water partition coefficient (Wildman–Crippen LogP) is 7.57. The van der Waals surface area contributed by atoms with Gasteiger partial charge in [0.05, 0.1) is 17.1 Å². The molecule has 4 aliphatic rings. The van der Waals surface area contributed by atoms with Gasteiger partial charge < -0.3 is 14.5 Å². The van der Waals surface area contributed by atoms with E-state index in [1.807, 2.05) is 66.5 Å². The van der Waals surface area contributed by atoms with Gasteiger partial charge in [0, 0.05) is 69.9 Å². The molecule has 5 aromatic rings. The predicted molar refractivity (Wildman–Crippen MR) is 234 cm³/mol. The first kappa shape index (κ1) is 41.7. The number of carbonyl (C=O) groups excluding carboxylic acids is 3. The Morgan fingerprint density at radius 2 is 1.37 bits per heavy atom. The van der Waals surface area contributed by atoms with E-state index in [1.54, 1.807) is 15.8 Å². The Morgan fingerprint density at radius 1 is 0.746 bits per heavy atom. The molecule has 4 heterocycles. The number of fused-ring (bicyclic) bond motifs is 2. The van der Waals surface area contributed by atoms with Crippen LogP contribution in [0.2, 0.25) is 0 Å². The fraction of sp³-hybridized carbons (Fsp3) is 0.429. The van der Waals surface area contributed by atoms with Crippen LogP contribution in [-0.2, 0) is 34.3 Å². The lowest BCUT2D eigenvalue weighted by molar-refractivity contribution is -0.135. The normalized spacial score (nSPS) is 18.5. The van der Waals surface area contributed by atoms with Crippen molar-refractivity contribution in [1.82, 2.24) is 24.9 Å². The van der Waals surface area contributed by atoms with E-state index in [-0.39, 0.29) is 24.3 Å². The Bertz CT molecular complexity index is 2050. The monoisotopic (exact) mass is 796 g/mol. The van der Waals surface area contributed by atoms with E-state index < -0.39 is 5.92 Å². The topological polar surface area (TPSA) is 100 Å². The summed E-state index contributed by atoms with van der Waals surface area (Å²) >= 11 is 0. The molecule has 0 bridgehead atoms. The van der Waals surface area contributed by atoms with Gasteiger partial charge in [-0.05, 0) is 106 Å². The molecule has 10 nitrogen and oxygen atoms in total. The third-order valence-electron chi connectivity index (χ3n) is 12.3. The highest BCUT2D eigenvalue weighted by Gasteiger charge is 2.32. The summed E-state index contributed by atoms with van der Waals surface area (Å²) < 4.78 is 7.61. The second kappa shape index (κ2) is 21.0. The van der Waals surface area contributed by atoms with Gasteiger partial charge in [-0.3, -0.25) is 29.3 Å². The summed E-state index contributed by atoms with van der Waals surface area (Å²) in [5.74, 6) is 0.406. The van der Waals surface area contributed by atoms with E-state index >= 15 is 0 Å². The lowest BCUT2D eigenvalue weighted by Gasteiger charge is -2.36. The zero-order valence-corrected chi connectivity index (χ0v) is 34.6. The van der Waals surface area contributed by atoms with Crippen LogP contribution in [0.25, 0.3) is 10.9 Å². The van der Waals surface area contributed by atoms with Gasteiger partial charge in [-0.15, -0.1) is 0 Å². The maximum absolute atomic E-state index is 12.9. The highest BCUT2D eigenvalue weighted by atomic mass is 16.5. The van der Waals surface area contributed by atoms with Crippen molar-refractivity contribution < 1.29 is 19.1 Å². The molecule has 3 amide bonds. The number of aryl methyl sites for hydroxylation is 3. The summed E-state index contributed by atoms with van der Waals surface area (Å²) in [6, 6.07) is 37.1. The van der Waals surface area contributed by atoms with Crippen LogP contribution in [0.5, 0.6) is 5.75 Å². The van der Waals surface area contributed by atoms with Crippen molar-refractivity contribution in [2.45, 2.75) is 70.1 Å². The molecule has 3 saturated heterocycles. The van der Waals surface area contributed by atoms with E-state index in [4.69, 9.17) is 4.74 Å². The Kier molecular flexibility index (Phi) is 14.8. The number of benzene rings is 4. The van der Waals surface area contributed by atoms with Crippen LogP contribution in [0.3, 0.4) is 0 Å². The number of rotatable bonds is 9. The Hall–Kier alpha value is -5.48. The molecule has 4 aromatic carbocycles. The quantitative estimate of drug-likeness (QED) is 0.154. The van der Waals surface area contributed by atoms with Gasteiger partial charge in [-0.25, -0.2) is 0 Å². The lowest BCUT2D eigenvalue weighted by atomic mass is 9.92. The van der Waals surface area contributed by atoms with Crippen molar-refractivity contribution in [1.29, 1.82) is 0 Å².